The molecule has 0 bridgehead atoms. The first-order valence-corrected chi connectivity index (χ1v) is 7.76. The Balaban J connectivity index is 1.76. The fraction of sp³-hybridized carbons (Fsp3) is 1.00. The lowest BCUT2D eigenvalue weighted by Gasteiger charge is -2.36. The molecule has 2 rings (SSSR count). The zero-order valence-corrected chi connectivity index (χ0v) is 12.0. The Morgan fingerprint density at radius 3 is 2.89 bits per heavy atom. The van der Waals surface area contributed by atoms with E-state index in [-0.39, 0.29) is 0 Å². The Morgan fingerprint density at radius 1 is 1.28 bits per heavy atom. The van der Waals surface area contributed by atoms with Gasteiger partial charge >= 0.3 is 0 Å². The molecule has 1 heterocycles. The second kappa shape index (κ2) is 7.46. The van der Waals surface area contributed by atoms with Crippen molar-refractivity contribution >= 4 is 0 Å². The molecule has 0 spiro atoms. The highest BCUT2D eigenvalue weighted by Gasteiger charge is 2.30. The third-order valence-electron chi connectivity index (χ3n) is 4.23. The van der Waals surface area contributed by atoms with E-state index in [1.807, 2.05) is 0 Å². The maximum absolute atomic E-state index is 6.16. The van der Waals surface area contributed by atoms with Crippen molar-refractivity contribution in [2.45, 2.75) is 70.6 Å². The van der Waals surface area contributed by atoms with Crippen molar-refractivity contribution in [3.05, 3.63) is 0 Å². The molecule has 18 heavy (non-hydrogen) atoms. The Hall–Kier alpha value is -0.120. The maximum Gasteiger partial charge on any atom is 0.0809 e. The second-order valence-electron chi connectivity index (χ2n) is 5.99. The summed E-state index contributed by atoms with van der Waals surface area (Å²) in [5, 5.41) is 3.65. The standard InChI is InChI=1S/C15H29NO2/c1-3-8-16-14-7-6-12(2)10-15(14)18-11-13-5-4-9-17-13/h12-16H,3-11H2,1-2H3. The first-order valence-electron chi connectivity index (χ1n) is 7.76. The van der Waals surface area contributed by atoms with Crippen LogP contribution in [0.4, 0.5) is 0 Å². The van der Waals surface area contributed by atoms with Crippen LogP contribution in [0.3, 0.4) is 0 Å². The van der Waals surface area contributed by atoms with Gasteiger partial charge in [-0.2, -0.15) is 0 Å². The number of hydrogen-bond donors (Lipinski definition) is 1. The van der Waals surface area contributed by atoms with E-state index in [2.05, 4.69) is 19.2 Å². The fourth-order valence-electron chi connectivity index (χ4n) is 3.08. The largest absolute Gasteiger partial charge is 0.376 e. The van der Waals surface area contributed by atoms with Crippen LogP contribution in [0.1, 0.15) is 52.4 Å². The first-order chi connectivity index (χ1) is 8.79. The van der Waals surface area contributed by atoms with Crippen LogP contribution in [0, 0.1) is 5.92 Å². The molecular formula is C15H29NO2. The van der Waals surface area contributed by atoms with Gasteiger partial charge in [0.25, 0.3) is 0 Å². The van der Waals surface area contributed by atoms with Crippen molar-refractivity contribution in [1.82, 2.24) is 5.32 Å². The molecule has 0 aromatic heterocycles. The third kappa shape index (κ3) is 4.22. The van der Waals surface area contributed by atoms with Crippen molar-refractivity contribution < 1.29 is 9.47 Å². The predicted octanol–water partition coefficient (Wildman–Crippen LogP) is 2.74. The Bertz CT molecular complexity index is 227. The van der Waals surface area contributed by atoms with Crippen LogP contribution < -0.4 is 5.32 Å². The highest BCUT2D eigenvalue weighted by atomic mass is 16.5. The highest BCUT2D eigenvalue weighted by molar-refractivity contribution is 4.85. The van der Waals surface area contributed by atoms with E-state index < -0.39 is 0 Å². The van der Waals surface area contributed by atoms with E-state index in [1.165, 1.54) is 38.5 Å². The van der Waals surface area contributed by atoms with Crippen molar-refractivity contribution in [2.75, 3.05) is 19.8 Å². The minimum atomic E-state index is 0.356. The van der Waals surface area contributed by atoms with Crippen LogP contribution in [-0.2, 0) is 9.47 Å². The molecule has 0 radical (unpaired) electrons. The van der Waals surface area contributed by atoms with Gasteiger partial charge < -0.3 is 14.8 Å². The van der Waals surface area contributed by atoms with E-state index in [4.69, 9.17) is 9.47 Å². The van der Waals surface area contributed by atoms with Gasteiger partial charge in [-0.3, -0.25) is 0 Å². The third-order valence-corrected chi connectivity index (χ3v) is 4.23. The Morgan fingerprint density at radius 2 is 2.17 bits per heavy atom. The lowest BCUT2D eigenvalue weighted by atomic mass is 9.85. The summed E-state index contributed by atoms with van der Waals surface area (Å²) in [5.41, 5.74) is 0. The molecule has 2 aliphatic rings. The molecule has 4 atom stereocenters. The summed E-state index contributed by atoms with van der Waals surface area (Å²) in [6.07, 6.45) is 8.12. The van der Waals surface area contributed by atoms with E-state index in [0.29, 0.717) is 18.2 Å². The molecule has 3 nitrogen and oxygen atoms in total. The van der Waals surface area contributed by atoms with Crippen LogP contribution in [0.25, 0.3) is 0 Å². The van der Waals surface area contributed by atoms with E-state index in [9.17, 15) is 0 Å². The fourth-order valence-corrected chi connectivity index (χ4v) is 3.08. The van der Waals surface area contributed by atoms with Crippen LogP contribution in [0.5, 0.6) is 0 Å². The Kier molecular flexibility index (Phi) is 5.93. The van der Waals surface area contributed by atoms with Crippen LogP contribution in [0.2, 0.25) is 0 Å². The topological polar surface area (TPSA) is 30.5 Å². The molecule has 106 valence electrons. The molecule has 4 unspecified atom stereocenters. The smallest absolute Gasteiger partial charge is 0.0809 e. The molecule has 0 aromatic carbocycles. The quantitative estimate of drug-likeness (QED) is 0.791. The van der Waals surface area contributed by atoms with Gasteiger partial charge in [0.1, 0.15) is 0 Å². The van der Waals surface area contributed by atoms with Crippen molar-refractivity contribution in [3.8, 4) is 0 Å². The molecule has 1 aliphatic carbocycles. The summed E-state index contributed by atoms with van der Waals surface area (Å²) < 4.78 is 11.8. The predicted molar refractivity (Wildman–Crippen MR) is 73.8 cm³/mol. The molecule has 1 saturated heterocycles. The molecule has 0 amide bonds. The van der Waals surface area contributed by atoms with E-state index in [0.717, 1.165) is 25.7 Å². The van der Waals surface area contributed by atoms with Gasteiger partial charge in [-0.05, 0) is 51.0 Å². The monoisotopic (exact) mass is 255 g/mol. The number of nitrogens with one attached hydrogen (secondary N) is 1. The molecule has 1 N–H and O–H groups in total. The summed E-state index contributed by atoms with van der Waals surface area (Å²) in [5.74, 6) is 0.805. The number of hydrogen-bond acceptors (Lipinski definition) is 3. The molecule has 2 fully saturated rings. The molecule has 0 aromatic rings. The number of ether oxygens (including phenoxy) is 2. The normalized spacial score (nSPS) is 37.0. The van der Waals surface area contributed by atoms with Crippen LogP contribution in [-0.4, -0.2) is 38.0 Å². The average Bonchev–Trinajstić information content (AvgIpc) is 2.88. The lowest BCUT2D eigenvalue weighted by Crippen LogP contribution is -2.46. The minimum Gasteiger partial charge on any atom is -0.376 e. The summed E-state index contributed by atoms with van der Waals surface area (Å²) in [6, 6.07) is 0.558. The first kappa shape index (κ1) is 14.3. The van der Waals surface area contributed by atoms with E-state index >= 15 is 0 Å². The lowest BCUT2D eigenvalue weighted by molar-refractivity contribution is -0.0525. The summed E-state index contributed by atoms with van der Waals surface area (Å²) in [6.45, 7) is 7.40. The van der Waals surface area contributed by atoms with Crippen molar-refractivity contribution in [1.29, 1.82) is 0 Å². The molecule has 3 heteroatoms. The van der Waals surface area contributed by atoms with Crippen LogP contribution in [0.15, 0.2) is 0 Å². The number of rotatable bonds is 6. The molecule has 1 aliphatic heterocycles. The molecular weight excluding hydrogens is 226 g/mol. The summed E-state index contributed by atoms with van der Waals surface area (Å²) in [4.78, 5) is 0. The zero-order chi connectivity index (χ0) is 12.8. The Labute approximate surface area is 112 Å². The SMILES string of the molecule is CCCNC1CCC(C)CC1OCC1CCCO1. The van der Waals surface area contributed by atoms with Gasteiger partial charge in [-0.25, -0.2) is 0 Å². The van der Waals surface area contributed by atoms with Crippen LogP contribution >= 0.6 is 0 Å². The highest BCUT2D eigenvalue weighted by Crippen LogP contribution is 2.27. The van der Waals surface area contributed by atoms with Gasteiger partial charge in [0, 0.05) is 12.6 Å². The second-order valence-corrected chi connectivity index (χ2v) is 5.99. The maximum atomic E-state index is 6.16. The van der Waals surface area contributed by atoms with Gasteiger partial charge in [-0.1, -0.05) is 13.8 Å². The zero-order valence-electron chi connectivity index (χ0n) is 12.0. The van der Waals surface area contributed by atoms with E-state index in [1.54, 1.807) is 0 Å². The van der Waals surface area contributed by atoms with Gasteiger partial charge in [-0.15, -0.1) is 0 Å². The average molecular weight is 255 g/mol. The summed E-state index contributed by atoms with van der Waals surface area (Å²) in [7, 11) is 0. The molecule has 1 saturated carbocycles. The van der Waals surface area contributed by atoms with Gasteiger partial charge in [0.2, 0.25) is 0 Å². The minimum absolute atomic E-state index is 0.356. The summed E-state index contributed by atoms with van der Waals surface area (Å²) >= 11 is 0. The van der Waals surface area contributed by atoms with Crippen molar-refractivity contribution in [3.63, 3.8) is 0 Å². The van der Waals surface area contributed by atoms with Gasteiger partial charge in [0.15, 0.2) is 0 Å². The van der Waals surface area contributed by atoms with Gasteiger partial charge in [0.05, 0.1) is 18.8 Å². The van der Waals surface area contributed by atoms with Crippen molar-refractivity contribution in [2.24, 2.45) is 5.92 Å².